The van der Waals surface area contributed by atoms with E-state index in [1.807, 2.05) is 25.5 Å². The van der Waals surface area contributed by atoms with Gasteiger partial charge in [-0.15, -0.1) is 35.7 Å². The van der Waals surface area contributed by atoms with Gasteiger partial charge in [-0.1, -0.05) is 0 Å². The van der Waals surface area contributed by atoms with E-state index in [1.54, 1.807) is 11.8 Å². The second-order valence-electron chi connectivity index (χ2n) is 2.37. The molecular formula is C7H13IN2S. The first-order chi connectivity index (χ1) is 4.69. The van der Waals surface area contributed by atoms with Gasteiger partial charge in [-0.05, 0) is 19.3 Å². The molecule has 1 rings (SSSR count). The Morgan fingerprint density at radius 1 is 1.55 bits per heavy atom. The first-order valence-electron chi connectivity index (χ1n) is 3.19. The van der Waals surface area contributed by atoms with Crippen LogP contribution in [0, 0.1) is 0 Å². The molecule has 0 amide bonds. The summed E-state index contributed by atoms with van der Waals surface area (Å²) >= 11 is 1.73. The number of aliphatic imine (C=N–C) groups is 1. The van der Waals surface area contributed by atoms with Crippen molar-refractivity contribution in [3.8, 4) is 0 Å². The van der Waals surface area contributed by atoms with Crippen molar-refractivity contribution in [3.63, 3.8) is 0 Å². The molecule has 0 N–H and O–H groups in total. The second kappa shape index (κ2) is 4.35. The third-order valence-corrected chi connectivity index (χ3v) is 2.92. The second-order valence-corrected chi connectivity index (χ2v) is 3.55. The van der Waals surface area contributed by atoms with Gasteiger partial charge in [0.1, 0.15) is 0 Å². The van der Waals surface area contributed by atoms with Crippen molar-refractivity contribution in [2.75, 3.05) is 13.3 Å². The summed E-state index contributed by atoms with van der Waals surface area (Å²) in [6, 6.07) is 0. The number of hydrogen-bond acceptors (Lipinski definition) is 3. The van der Waals surface area contributed by atoms with Crippen molar-refractivity contribution in [2.24, 2.45) is 4.99 Å². The maximum Gasteiger partial charge on any atom is 0.175 e. The first kappa shape index (κ1) is 11.3. The fourth-order valence-corrected chi connectivity index (χ4v) is 1.29. The molecule has 0 aromatic rings. The van der Waals surface area contributed by atoms with Crippen LogP contribution in [0.25, 0.3) is 0 Å². The van der Waals surface area contributed by atoms with Crippen LogP contribution in [0.15, 0.2) is 17.3 Å². The van der Waals surface area contributed by atoms with E-state index in [2.05, 4.69) is 23.1 Å². The lowest BCUT2D eigenvalue weighted by Gasteiger charge is -2.34. The fraction of sp³-hybridized carbons (Fsp3) is 0.571. The van der Waals surface area contributed by atoms with Crippen molar-refractivity contribution in [3.05, 3.63) is 12.3 Å². The molecule has 0 aromatic carbocycles. The molecule has 0 saturated heterocycles. The summed E-state index contributed by atoms with van der Waals surface area (Å²) in [5.74, 6) is 0. The predicted octanol–water partition coefficient (Wildman–Crippen LogP) is 2.17. The number of rotatable bonds is 1. The summed E-state index contributed by atoms with van der Waals surface area (Å²) in [4.78, 5) is 6.34. The minimum Gasteiger partial charge on any atom is -0.349 e. The van der Waals surface area contributed by atoms with Crippen LogP contribution in [0.5, 0.6) is 0 Å². The van der Waals surface area contributed by atoms with E-state index < -0.39 is 0 Å². The lowest BCUT2D eigenvalue weighted by atomic mass is 10.4. The lowest BCUT2D eigenvalue weighted by Crippen LogP contribution is -2.36. The maximum absolute atomic E-state index is 4.34. The number of hydrogen-bond donors (Lipinski definition) is 0. The zero-order valence-electron chi connectivity index (χ0n) is 6.94. The highest BCUT2D eigenvalue weighted by molar-refractivity contribution is 14.0. The Balaban J connectivity index is 0.000001000. The summed E-state index contributed by atoms with van der Waals surface area (Å²) in [5.41, 5.74) is 0. The van der Waals surface area contributed by atoms with Crippen LogP contribution in [-0.2, 0) is 0 Å². The lowest BCUT2D eigenvalue weighted by molar-refractivity contribution is 0.322. The molecule has 1 heterocycles. The molecule has 0 spiro atoms. The van der Waals surface area contributed by atoms with Crippen LogP contribution in [0.2, 0.25) is 0 Å². The molecule has 1 aliphatic heterocycles. The van der Waals surface area contributed by atoms with Crippen LogP contribution in [0.4, 0.5) is 0 Å². The highest BCUT2D eigenvalue weighted by atomic mass is 127. The van der Waals surface area contributed by atoms with Gasteiger partial charge in [-0.3, -0.25) is 4.99 Å². The summed E-state index contributed by atoms with van der Waals surface area (Å²) < 4.78 is 0. The van der Waals surface area contributed by atoms with E-state index >= 15 is 0 Å². The van der Waals surface area contributed by atoms with Gasteiger partial charge in [0.05, 0.1) is 0 Å². The Bertz CT molecular complexity index is 181. The van der Waals surface area contributed by atoms with Gasteiger partial charge in [0.25, 0.3) is 0 Å². The Morgan fingerprint density at radius 3 is 2.55 bits per heavy atom. The number of nitrogens with zero attached hydrogens (tertiary/aromatic N) is 2. The fourth-order valence-electron chi connectivity index (χ4n) is 0.775. The minimum atomic E-state index is -0.0885. The Kier molecular flexibility index (Phi) is 4.46. The van der Waals surface area contributed by atoms with E-state index in [1.165, 1.54) is 0 Å². The topological polar surface area (TPSA) is 15.6 Å². The zero-order valence-corrected chi connectivity index (χ0v) is 10.1. The summed E-state index contributed by atoms with van der Waals surface area (Å²) in [5, 5.41) is 0. The molecule has 11 heavy (non-hydrogen) atoms. The number of thioether (sulfide) groups is 1. The van der Waals surface area contributed by atoms with Gasteiger partial charge in [0.2, 0.25) is 0 Å². The van der Waals surface area contributed by atoms with Crippen molar-refractivity contribution in [2.45, 2.75) is 11.9 Å². The standard InChI is InChI=1S/C7H12N2S.HI/c1-7(10-3)8-5-4-6-9(7)2;/h4-6H,1-3H3;1H. The monoisotopic (exact) mass is 284 g/mol. The maximum atomic E-state index is 4.34. The third-order valence-electron chi connectivity index (χ3n) is 1.75. The molecule has 0 saturated carbocycles. The molecule has 4 heteroatoms. The molecule has 1 atom stereocenters. The largest absolute Gasteiger partial charge is 0.349 e. The van der Waals surface area contributed by atoms with Crippen LogP contribution < -0.4 is 0 Å². The molecule has 0 radical (unpaired) electrons. The molecular weight excluding hydrogens is 271 g/mol. The molecule has 2 nitrogen and oxygen atoms in total. The van der Waals surface area contributed by atoms with Crippen molar-refractivity contribution >= 4 is 42.0 Å². The Labute approximate surface area is 89.2 Å². The summed E-state index contributed by atoms with van der Waals surface area (Å²) in [6.45, 7) is 2.09. The summed E-state index contributed by atoms with van der Waals surface area (Å²) in [7, 11) is 2.03. The van der Waals surface area contributed by atoms with Gasteiger partial charge >= 0.3 is 0 Å². The van der Waals surface area contributed by atoms with Gasteiger partial charge < -0.3 is 4.90 Å². The van der Waals surface area contributed by atoms with E-state index in [9.17, 15) is 0 Å². The predicted molar refractivity (Wildman–Crippen MR) is 62.7 cm³/mol. The normalized spacial score (nSPS) is 28.5. The highest BCUT2D eigenvalue weighted by Crippen LogP contribution is 2.28. The van der Waals surface area contributed by atoms with Crippen LogP contribution in [0.3, 0.4) is 0 Å². The molecule has 0 fully saturated rings. The van der Waals surface area contributed by atoms with E-state index in [4.69, 9.17) is 0 Å². The molecule has 0 aliphatic carbocycles. The quantitative estimate of drug-likeness (QED) is 0.686. The van der Waals surface area contributed by atoms with Crippen molar-refractivity contribution in [1.82, 2.24) is 4.90 Å². The van der Waals surface area contributed by atoms with Crippen LogP contribution in [0.1, 0.15) is 6.92 Å². The van der Waals surface area contributed by atoms with Crippen molar-refractivity contribution < 1.29 is 0 Å². The van der Waals surface area contributed by atoms with E-state index in [0.29, 0.717) is 0 Å². The van der Waals surface area contributed by atoms with Gasteiger partial charge in [-0.2, -0.15) is 0 Å². The first-order valence-corrected chi connectivity index (χ1v) is 4.41. The molecule has 1 aliphatic rings. The molecule has 0 aromatic heterocycles. The smallest absolute Gasteiger partial charge is 0.175 e. The van der Waals surface area contributed by atoms with Crippen molar-refractivity contribution in [1.29, 1.82) is 0 Å². The molecule has 64 valence electrons. The molecule has 1 unspecified atom stereocenters. The zero-order chi connectivity index (χ0) is 7.61. The SMILES string of the molecule is CSC1(C)N=CC=CN1C.I. The average Bonchev–Trinajstić information content (AvgIpc) is 1.96. The van der Waals surface area contributed by atoms with E-state index in [0.717, 1.165) is 0 Å². The molecule has 0 bridgehead atoms. The van der Waals surface area contributed by atoms with E-state index in [-0.39, 0.29) is 29.0 Å². The minimum absolute atomic E-state index is 0. The third kappa shape index (κ3) is 2.37. The summed E-state index contributed by atoms with van der Waals surface area (Å²) in [6.07, 6.45) is 7.88. The average molecular weight is 284 g/mol. The Morgan fingerprint density at radius 2 is 2.18 bits per heavy atom. The van der Waals surface area contributed by atoms with Gasteiger partial charge in [0.15, 0.2) is 4.99 Å². The van der Waals surface area contributed by atoms with Crippen LogP contribution >= 0.6 is 35.7 Å². The van der Waals surface area contributed by atoms with Gasteiger partial charge in [-0.25, -0.2) is 0 Å². The number of allylic oxidation sites excluding steroid dienone is 1. The highest BCUT2D eigenvalue weighted by Gasteiger charge is 2.25. The van der Waals surface area contributed by atoms with Crippen LogP contribution in [-0.4, -0.2) is 29.4 Å². The van der Waals surface area contributed by atoms with Gasteiger partial charge in [0, 0.05) is 19.5 Å². The number of halogens is 1. The Hall–Kier alpha value is 0.290.